The Balaban J connectivity index is 5.82. The normalized spacial score (nSPS) is 16.8. The Bertz CT molecular complexity index is 368. The van der Waals surface area contributed by atoms with Crippen molar-refractivity contribution in [3.8, 4) is 0 Å². The van der Waals surface area contributed by atoms with Gasteiger partial charge in [0.25, 0.3) is 7.63 Å². The molecule has 0 saturated carbocycles. The zero-order valence-corrected chi connectivity index (χ0v) is 22.6. The van der Waals surface area contributed by atoms with Gasteiger partial charge in [0, 0.05) is 6.55 Å². The van der Waals surface area contributed by atoms with Crippen molar-refractivity contribution in [2.75, 3.05) is 0 Å². The Morgan fingerprint density at radius 2 is 1.08 bits per heavy atom. The monoisotopic (exact) mass is 428 g/mol. The number of rotatable bonds is 11. The van der Waals surface area contributed by atoms with Crippen LogP contribution in [0.3, 0.4) is 0 Å². The van der Waals surface area contributed by atoms with Gasteiger partial charge in [-0.05, 0) is 48.9 Å². The van der Waals surface area contributed by atoms with E-state index in [2.05, 4.69) is 74.7 Å². The van der Waals surface area contributed by atoms with Gasteiger partial charge in [0.1, 0.15) is 0 Å². The van der Waals surface area contributed by atoms with Crippen LogP contribution in [0.1, 0.15) is 48.5 Å². The standard InChI is InChI=1S/C16H41ClO3Si4/c1-12-23(13-2,14-3)19-22(11,18-21(8,9)10)20-24(17,15(4)5)16(6)7/h15-16H,12-14H2,1-11H3. The lowest BCUT2D eigenvalue weighted by atomic mass is 10.5. The summed E-state index contributed by atoms with van der Waals surface area (Å²) in [6.07, 6.45) is 0. The first-order valence-corrected chi connectivity index (χ1v) is 20.7. The quantitative estimate of drug-likeness (QED) is 0.263. The molecular weight excluding hydrogens is 388 g/mol. The lowest BCUT2D eigenvalue weighted by Gasteiger charge is -2.45. The molecule has 1 atom stereocenters. The molecule has 1 unspecified atom stereocenters. The van der Waals surface area contributed by atoms with Crippen LogP contribution >= 0.6 is 11.1 Å². The average Bonchev–Trinajstić information content (AvgIpc) is 2.42. The van der Waals surface area contributed by atoms with E-state index < -0.39 is 33.1 Å². The zero-order valence-electron chi connectivity index (χ0n) is 17.9. The molecule has 24 heavy (non-hydrogen) atoms. The first-order valence-electron chi connectivity index (χ1n) is 9.48. The van der Waals surface area contributed by atoms with Crippen molar-refractivity contribution in [3.63, 3.8) is 0 Å². The molecule has 0 aliphatic carbocycles. The van der Waals surface area contributed by atoms with Gasteiger partial charge in [0.2, 0.25) is 0 Å². The van der Waals surface area contributed by atoms with Crippen LogP contribution in [0.5, 0.6) is 0 Å². The van der Waals surface area contributed by atoms with Crippen molar-refractivity contribution < 1.29 is 12.3 Å². The summed E-state index contributed by atoms with van der Waals surface area (Å²) in [5.74, 6) is 0. The predicted molar refractivity (Wildman–Crippen MR) is 117 cm³/mol. The Kier molecular flexibility index (Phi) is 9.70. The van der Waals surface area contributed by atoms with E-state index in [0.29, 0.717) is 11.1 Å². The molecule has 0 N–H and O–H groups in total. The molecule has 0 aliphatic rings. The maximum atomic E-state index is 7.10. The minimum atomic E-state index is -2.79. The van der Waals surface area contributed by atoms with Crippen LogP contribution in [-0.2, 0) is 12.3 Å². The Hall–Kier alpha value is 1.04. The summed E-state index contributed by atoms with van der Waals surface area (Å²) < 4.78 is 20.2. The van der Waals surface area contributed by atoms with Gasteiger partial charge >= 0.3 is 8.80 Å². The van der Waals surface area contributed by atoms with E-state index in [1.807, 2.05) is 0 Å². The Labute approximate surface area is 160 Å². The maximum absolute atomic E-state index is 7.10. The van der Waals surface area contributed by atoms with Crippen LogP contribution in [0, 0.1) is 0 Å². The third-order valence-electron chi connectivity index (χ3n) is 4.74. The SMILES string of the molecule is CC[Si](CC)(CC)O[Si](C)(O[Si](C)(C)C)O[Si](Cl)(C(C)C)C(C)C. The highest BCUT2D eigenvalue weighted by atomic mass is 35.6. The second-order valence-corrected chi connectivity index (χ2v) is 26.9. The molecule has 0 spiro atoms. The average molecular weight is 429 g/mol. The van der Waals surface area contributed by atoms with Gasteiger partial charge in [-0.25, -0.2) is 0 Å². The summed E-state index contributed by atoms with van der Waals surface area (Å²) in [5.41, 5.74) is 0.640. The van der Waals surface area contributed by atoms with Crippen LogP contribution in [0.25, 0.3) is 0 Å². The zero-order chi connectivity index (χ0) is 19.4. The van der Waals surface area contributed by atoms with Gasteiger partial charge < -0.3 is 12.3 Å². The Morgan fingerprint density at radius 3 is 1.33 bits per heavy atom. The predicted octanol–water partition coefficient (Wildman–Crippen LogP) is 6.95. The molecule has 0 saturated heterocycles. The molecule has 3 nitrogen and oxygen atoms in total. The van der Waals surface area contributed by atoms with E-state index >= 15 is 0 Å². The van der Waals surface area contributed by atoms with Gasteiger partial charge in [-0.15, -0.1) is 11.1 Å². The first kappa shape index (κ1) is 25.0. The minimum Gasteiger partial charge on any atom is -0.417 e. The summed E-state index contributed by atoms with van der Waals surface area (Å²) in [6, 6.07) is 3.30. The van der Waals surface area contributed by atoms with E-state index in [1.165, 1.54) is 0 Å². The van der Waals surface area contributed by atoms with Crippen LogP contribution in [-0.4, -0.2) is 33.1 Å². The third kappa shape index (κ3) is 6.98. The van der Waals surface area contributed by atoms with Crippen LogP contribution < -0.4 is 0 Å². The molecule has 8 heteroatoms. The number of hydrogen-bond acceptors (Lipinski definition) is 3. The van der Waals surface area contributed by atoms with Crippen molar-refractivity contribution in [1.29, 1.82) is 0 Å². The van der Waals surface area contributed by atoms with Gasteiger partial charge in [0.05, 0.1) is 0 Å². The maximum Gasteiger partial charge on any atom is 0.467 e. The van der Waals surface area contributed by atoms with E-state index in [1.54, 1.807) is 0 Å². The highest BCUT2D eigenvalue weighted by Crippen LogP contribution is 2.41. The lowest BCUT2D eigenvalue weighted by molar-refractivity contribution is 0.254. The molecule has 0 aromatic heterocycles. The summed E-state index contributed by atoms with van der Waals surface area (Å²) in [7, 11) is -8.87. The molecule has 0 aromatic carbocycles. The topological polar surface area (TPSA) is 27.7 Å². The molecule has 0 aromatic rings. The molecule has 0 fully saturated rings. The van der Waals surface area contributed by atoms with Crippen LogP contribution in [0.4, 0.5) is 0 Å². The molecule has 0 bridgehead atoms. The summed E-state index contributed by atoms with van der Waals surface area (Å²) in [5, 5.41) is 0. The van der Waals surface area contributed by atoms with Gasteiger partial charge in [0.15, 0.2) is 16.6 Å². The fraction of sp³-hybridized carbons (Fsp3) is 1.00. The highest BCUT2D eigenvalue weighted by molar-refractivity contribution is 7.20. The largest absolute Gasteiger partial charge is 0.467 e. The van der Waals surface area contributed by atoms with E-state index in [-0.39, 0.29) is 0 Å². The highest BCUT2D eigenvalue weighted by Gasteiger charge is 2.53. The smallest absolute Gasteiger partial charge is 0.417 e. The third-order valence-corrected chi connectivity index (χ3v) is 25.0. The fourth-order valence-electron chi connectivity index (χ4n) is 3.16. The lowest BCUT2D eigenvalue weighted by Crippen LogP contribution is -2.61. The summed E-state index contributed by atoms with van der Waals surface area (Å²) >= 11 is 7.10. The second-order valence-electron chi connectivity index (χ2n) is 8.53. The number of hydrogen-bond donors (Lipinski definition) is 0. The van der Waals surface area contributed by atoms with E-state index in [9.17, 15) is 0 Å². The molecule has 0 radical (unpaired) electrons. The fourth-order valence-corrected chi connectivity index (χ4v) is 22.4. The first-order chi connectivity index (χ1) is 10.7. The van der Waals surface area contributed by atoms with E-state index in [4.69, 9.17) is 23.4 Å². The van der Waals surface area contributed by atoms with Crippen molar-refractivity contribution >= 4 is 44.1 Å². The second kappa shape index (κ2) is 9.30. The molecular formula is C16H41ClO3Si4. The molecule has 0 heterocycles. The van der Waals surface area contributed by atoms with Gasteiger partial charge in [-0.3, -0.25) is 0 Å². The van der Waals surface area contributed by atoms with E-state index in [0.717, 1.165) is 18.1 Å². The van der Waals surface area contributed by atoms with Crippen LogP contribution in [0.2, 0.25) is 55.4 Å². The van der Waals surface area contributed by atoms with Crippen LogP contribution in [0.15, 0.2) is 0 Å². The van der Waals surface area contributed by atoms with Gasteiger partial charge in [-0.1, -0.05) is 48.5 Å². The number of halogens is 1. The molecule has 0 amide bonds. The summed E-state index contributed by atoms with van der Waals surface area (Å²) in [6.45, 7) is 24.2. The van der Waals surface area contributed by atoms with Crippen molar-refractivity contribution in [1.82, 2.24) is 0 Å². The molecule has 146 valence electrons. The summed E-state index contributed by atoms with van der Waals surface area (Å²) in [4.78, 5) is 0. The van der Waals surface area contributed by atoms with Crippen molar-refractivity contribution in [3.05, 3.63) is 0 Å². The minimum absolute atomic E-state index is 0.320. The van der Waals surface area contributed by atoms with Crippen molar-refractivity contribution in [2.45, 2.75) is 104 Å². The molecule has 0 rings (SSSR count). The Morgan fingerprint density at radius 1 is 0.708 bits per heavy atom. The van der Waals surface area contributed by atoms with Gasteiger partial charge in [-0.2, -0.15) is 0 Å². The van der Waals surface area contributed by atoms with Crippen molar-refractivity contribution in [2.24, 2.45) is 0 Å². The molecule has 0 aliphatic heterocycles.